The molecule has 0 aliphatic heterocycles. The predicted molar refractivity (Wildman–Crippen MR) is 61.0 cm³/mol. The smallest absolute Gasteiger partial charge is 0.480 e. The first-order valence-corrected chi connectivity index (χ1v) is 4.95. The van der Waals surface area contributed by atoms with E-state index in [0.29, 0.717) is 0 Å². The maximum atomic E-state index is 10.6. The van der Waals surface area contributed by atoms with Crippen molar-refractivity contribution < 1.29 is 33.0 Å². The predicted octanol–water partition coefficient (Wildman–Crippen LogP) is 2.12. The molecule has 0 saturated heterocycles. The molecule has 1 aromatic rings. The second kappa shape index (κ2) is 7.24. The molecule has 0 unspecified atom stereocenters. The van der Waals surface area contributed by atoms with E-state index in [-0.39, 0.29) is 6.54 Å². The second-order valence-corrected chi connectivity index (χ2v) is 3.42. The number of aryl methyl sites for hydroxylation is 1. The Hall–Kier alpha value is -2.25. The summed E-state index contributed by atoms with van der Waals surface area (Å²) >= 11 is 0. The van der Waals surface area contributed by atoms with Crippen molar-refractivity contribution in [3.8, 4) is 0 Å². The lowest BCUT2D eigenvalue weighted by atomic mass is 10.2. The van der Waals surface area contributed by atoms with Gasteiger partial charge in [-0.1, -0.05) is 17.7 Å². The van der Waals surface area contributed by atoms with Crippen LogP contribution in [0.1, 0.15) is 5.56 Å². The number of nitrogens with one attached hydrogen (secondary N) is 1. The summed E-state index contributed by atoms with van der Waals surface area (Å²) in [6.07, 6.45) is -5.08. The fourth-order valence-corrected chi connectivity index (χ4v) is 0.849. The van der Waals surface area contributed by atoms with Crippen molar-refractivity contribution >= 4 is 17.6 Å². The van der Waals surface area contributed by atoms with Crippen LogP contribution in [0, 0.1) is 6.92 Å². The summed E-state index contributed by atoms with van der Waals surface area (Å²) in [4.78, 5) is 19.1. The molecule has 0 aromatic heterocycles. The van der Waals surface area contributed by atoms with Crippen molar-refractivity contribution in [2.45, 2.75) is 13.1 Å². The lowest BCUT2D eigenvalue weighted by Crippen LogP contribution is -2.21. The van der Waals surface area contributed by atoms with Crippen LogP contribution >= 0.6 is 0 Å². The van der Waals surface area contributed by atoms with E-state index in [4.69, 9.17) is 15.0 Å². The monoisotopic (exact) mass is 279 g/mol. The van der Waals surface area contributed by atoms with Crippen molar-refractivity contribution in [1.29, 1.82) is 0 Å². The average Bonchev–Trinajstić information content (AvgIpc) is 2.27. The molecule has 0 amide bonds. The van der Waals surface area contributed by atoms with E-state index < -0.39 is 18.1 Å². The summed E-state index contributed by atoms with van der Waals surface area (Å²) in [5.41, 5.74) is 2.00. The van der Waals surface area contributed by atoms with Crippen LogP contribution in [-0.4, -0.2) is 34.9 Å². The molecule has 19 heavy (non-hydrogen) atoms. The molecule has 0 atom stereocenters. The Morgan fingerprint density at radius 2 is 1.58 bits per heavy atom. The minimum Gasteiger partial charge on any atom is -0.480 e. The van der Waals surface area contributed by atoms with Gasteiger partial charge in [-0.3, -0.25) is 4.79 Å². The Kier molecular flexibility index (Phi) is 6.39. The summed E-state index contributed by atoms with van der Waals surface area (Å²) in [5, 5.41) is 18.3. The van der Waals surface area contributed by atoms with E-state index in [1.165, 1.54) is 0 Å². The van der Waals surface area contributed by atoms with Gasteiger partial charge in [-0.15, -0.1) is 0 Å². The third-order valence-corrected chi connectivity index (χ3v) is 1.74. The summed E-state index contributed by atoms with van der Waals surface area (Å²) in [6.45, 7) is 1.95. The van der Waals surface area contributed by atoms with E-state index in [2.05, 4.69) is 5.32 Å². The SMILES string of the molecule is Cc1ccc(NCC(=O)O)cc1.O=C(O)C(F)(F)F. The number of rotatable bonds is 3. The van der Waals surface area contributed by atoms with E-state index >= 15 is 0 Å². The van der Waals surface area contributed by atoms with Gasteiger partial charge in [0.05, 0.1) is 0 Å². The van der Waals surface area contributed by atoms with Crippen LogP contribution in [0.4, 0.5) is 18.9 Å². The second-order valence-electron chi connectivity index (χ2n) is 3.42. The van der Waals surface area contributed by atoms with Gasteiger partial charge in [0, 0.05) is 5.69 Å². The maximum Gasteiger partial charge on any atom is 0.490 e. The lowest BCUT2D eigenvalue weighted by molar-refractivity contribution is -0.192. The van der Waals surface area contributed by atoms with Gasteiger partial charge in [0.1, 0.15) is 6.54 Å². The van der Waals surface area contributed by atoms with E-state index in [9.17, 15) is 18.0 Å². The first-order valence-electron chi connectivity index (χ1n) is 4.95. The maximum absolute atomic E-state index is 10.6. The molecule has 0 aliphatic rings. The number of carboxylic acids is 2. The Balaban J connectivity index is 0.000000399. The molecule has 8 heteroatoms. The number of carboxylic acid groups (broad SMARTS) is 2. The molecule has 0 fully saturated rings. The zero-order valence-corrected chi connectivity index (χ0v) is 9.86. The van der Waals surface area contributed by atoms with Crippen molar-refractivity contribution in [1.82, 2.24) is 0 Å². The van der Waals surface area contributed by atoms with Crippen LogP contribution in [0.3, 0.4) is 0 Å². The Bertz CT molecular complexity index is 429. The number of hydrogen-bond acceptors (Lipinski definition) is 3. The number of benzene rings is 1. The Morgan fingerprint density at radius 1 is 1.16 bits per heavy atom. The topological polar surface area (TPSA) is 86.6 Å². The molecule has 0 bridgehead atoms. The fraction of sp³-hybridized carbons (Fsp3) is 0.273. The van der Waals surface area contributed by atoms with Gasteiger partial charge in [0.2, 0.25) is 0 Å². The normalized spacial score (nSPS) is 10.1. The van der Waals surface area contributed by atoms with Crippen molar-refractivity contribution in [2.24, 2.45) is 0 Å². The average molecular weight is 279 g/mol. The molecule has 106 valence electrons. The van der Waals surface area contributed by atoms with Crippen molar-refractivity contribution in [3.63, 3.8) is 0 Å². The third kappa shape index (κ3) is 8.47. The molecule has 5 nitrogen and oxygen atoms in total. The largest absolute Gasteiger partial charge is 0.490 e. The summed E-state index contributed by atoms with van der Waals surface area (Å²) in [7, 11) is 0. The van der Waals surface area contributed by atoms with Gasteiger partial charge >= 0.3 is 18.1 Å². The summed E-state index contributed by atoms with van der Waals surface area (Å²) in [5.74, 6) is -3.61. The number of aliphatic carboxylic acids is 2. The van der Waals surface area contributed by atoms with Gasteiger partial charge in [0.15, 0.2) is 0 Å². The molecule has 0 spiro atoms. The fourth-order valence-electron chi connectivity index (χ4n) is 0.849. The van der Waals surface area contributed by atoms with Gasteiger partial charge in [-0.2, -0.15) is 13.2 Å². The minimum atomic E-state index is -5.08. The van der Waals surface area contributed by atoms with Crippen LogP contribution in [0.5, 0.6) is 0 Å². The molecule has 3 N–H and O–H groups in total. The van der Waals surface area contributed by atoms with Crippen molar-refractivity contribution in [2.75, 3.05) is 11.9 Å². The molecular formula is C11H12F3NO4. The van der Waals surface area contributed by atoms with Crippen LogP contribution in [0.2, 0.25) is 0 Å². The van der Waals surface area contributed by atoms with Gasteiger partial charge < -0.3 is 15.5 Å². The number of halogens is 3. The lowest BCUT2D eigenvalue weighted by Gasteiger charge is -2.02. The zero-order chi connectivity index (χ0) is 15.1. The van der Waals surface area contributed by atoms with E-state index in [1.807, 2.05) is 31.2 Å². The molecule has 0 saturated carbocycles. The van der Waals surface area contributed by atoms with E-state index in [1.54, 1.807) is 0 Å². The Labute approximate surface area is 106 Å². The highest BCUT2D eigenvalue weighted by molar-refractivity contribution is 5.73. The highest BCUT2D eigenvalue weighted by Crippen LogP contribution is 2.13. The highest BCUT2D eigenvalue weighted by Gasteiger charge is 2.38. The summed E-state index contributed by atoms with van der Waals surface area (Å²) < 4.78 is 31.7. The molecule has 1 rings (SSSR count). The van der Waals surface area contributed by atoms with Crippen LogP contribution < -0.4 is 5.32 Å². The molecule has 0 heterocycles. The summed E-state index contributed by atoms with van der Waals surface area (Å²) in [6, 6.07) is 7.59. The van der Waals surface area contributed by atoms with Gasteiger partial charge in [-0.25, -0.2) is 4.79 Å². The van der Waals surface area contributed by atoms with Crippen LogP contribution in [-0.2, 0) is 9.59 Å². The van der Waals surface area contributed by atoms with Crippen LogP contribution in [0.25, 0.3) is 0 Å². The first-order chi connectivity index (χ1) is 8.62. The molecule has 0 radical (unpaired) electrons. The minimum absolute atomic E-state index is 0.0386. The van der Waals surface area contributed by atoms with Gasteiger partial charge in [-0.05, 0) is 19.1 Å². The van der Waals surface area contributed by atoms with Crippen molar-refractivity contribution in [3.05, 3.63) is 29.8 Å². The first kappa shape index (κ1) is 16.8. The quantitative estimate of drug-likeness (QED) is 0.789. The number of anilines is 1. The standard InChI is InChI=1S/C9H11NO2.C2HF3O2/c1-7-2-4-8(5-3-7)10-6-9(11)12;3-2(4,5)1(6)7/h2-5,10H,6H2,1H3,(H,11,12);(H,6,7). The van der Waals surface area contributed by atoms with E-state index in [0.717, 1.165) is 11.3 Å². The number of carbonyl (C=O) groups is 2. The Morgan fingerprint density at radius 3 is 1.89 bits per heavy atom. The molecule has 1 aromatic carbocycles. The third-order valence-electron chi connectivity index (χ3n) is 1.74. The molecular weight excluding hydrogens is 267 g/mol. The number of hydrogen-bond donors (Lipinski definition) is 3. The molecule has 0 aliphatic carbocycles. The zero-order valence-electron chi connectivity index (χ0n) is 9.86. The van der Waals surface area contributed by atoms with Crippen LogP contribution in [0.15, 0.2) is 24.3 Å². The highest BCUT2D eigenvalue weighted by atomic mass is 19.4. The van der Waals surface area contributed by atoms with Gasteiger partial charge in [0.25, 0.3) is 0 Å². The number of alkyl halides is 3.